The Hall–Kier alpha value is -2.84. The minimum atomic E-state index is -0.560. The molecule has 2 aliphatic rings. The molecule has 0 unspecified atom stereocenters. The highest BCUT2D eigenvalue weighted by molar-refractivity contribution is 7.13. The van der Waals surface area contributed by atoms with Crippen molar-refractivity contribution in [1.29, 1.82) is 0 Å². The second-order valence-corrected chi connectivity index (χ2v) is 7.19. The minimum Gasteiger partial charge on any atom is -0.457 e. The lowest BCUT2D eigenvalue weighted by Gasteiger charge is -2.48. The van der Waals surface area contributed by atoms with E-state index in [1.807, 2.05) is 17.5 Å². The largest absolute Gasteiger partial charge is 0.457 e. The molecule has 138 valence electrons. The first-order valence-corrected chi connectivity index (χ1v) is 9.46. The highest BCUT2D eigenvalue weighted by Crippen LogP contribution is 2.41. The van der Waals surface area contributed by atoms with E-state index in [0.717, 1.165) is 10.6 Å². The number of pyridine rings is 1. The summed E-state index contributed by atoms with van der Waals surface area (Å²) in [5, 5.41) is 2.70. The lowest BCUT2D eigenvalue weighted by molar-refractivity contribution is -0.154. The van der Waals surface area contributed by atoms with Crippen molar-refractivity contribution in [2.75, 3.05) is 6.61 Å². The summed E-state index contributed by atoms with van der Waals surface area (Å²) in [5.41, 5.74) is 8.45. The predicted molar refractivity (Wildman–Crippen MR) is 101 cm³/mol. The Kier molecular flexibility index (Phi) is 4.59. The number of rotatable bonds is 5. The number of hydrogen-bond acceptors (Lipinski definition) is 7. The zero-order chi connectivity index (χ0) is 19.0. The molecule has 1 fully saturated rings. The monoisotopic (exact) mass is 382 g/mol. The quantitative estimate of drug-likeness (QED) is 0.482. The summed E-state index contributed by atoms with van der Waals surface area (Å²) in [4.78, 5) is 35.2. The van der Waals surface area contributed by atoms with Gasteiger partial charge in [0.25, 0.3) is 0 Å². The first-order valence-electron chi connectivity index (χ1n) is 8.58. The van der Waals surface area contributed by atoms with E-state index in [-0.39, 0.29) is 24.3 Å². The van der Waals surface area contributed by atoms with Gasteiger partial charge in [-0.15, -0.1) is 11.3 Å². The normalized spacial score (nSPS) is 21.5. The molecule has 2 atom stereocenters. The van der Waals surface area contributed by atoms with Crippen molar-refractivity contribution in [3.8, 4) is 10.6 Å². The topological polar surface area (TPSA) is 98.4 Å². The zero-order valence-electron chi connectivity index (χ0n) is 14.5. The average molecular weight is 382 g/mol. The molecule has 0 saturated carbocycles. The maximum Gasteiger partial charge on any atom is 0.355 e. The molecule has 2 aliphatic heterocycles. The summed E-state index contributed by atoms with van der Waals surface area (Å²) < 4.78 is 5.23. The number of aromatic nitrogens is 2. The zero-order valence-corrected chi connectivity index (χ0v) is 15.3. The average Bonchev–Trinajstić information content (AvgIpc) is 3.21. The summed E-state index contributed by atoms with van der Waals surface area (Å²) in [7, 11) is 0. The lowest BCUT2D eigenvalue weighted by atomic mass is 9.83. The van der Waals surface area contributed by atoms with Crippen molar-refractivity contribution >= 4 is 28.8 Å². The number of thiazole rings is 1. The molecule has 2 N–H and O–H groups in total. The van der Waals surface area contributed by atoms with Crippen LogP contribution in [0.15, 0.2) is 48.3 Å². The van der Waals surface area contributed by atoms with Gasteiger partial charge < -0.3 is 10.5 Å². The van der Waals surface area contributed by atoms with Crippen LogP contribution in [0.4, 0.5) is 0 Å². The first-order chi connectivity index (χ1) is 13.1. The standard InChI is InChI=1S/C19H18N4O3S/c1-2-8-26-19(25)16-12(5-6-14-15(20)18(24)23(14)16)13-10-27-17(22-13)11-4-3-7-21-9-11/h2-4,7,9-10,14-15H,1,5-6,8,20H2/t14-,15+/m1/s1. The van der Waals surface area contributed by atoms with Gasteiger partial charge in [-0.3, -0.25) is 14.7 Å². The molecule has 4 rings (SSSR count). The van der Waals surface area contributed by atoms with Gasteiger partial charge >= 0.3 is 5.97 Å². The van der Waals surface area contributed by atoms with E-state index in [1.54, 1.807) is 12.4 Å². The molecule has 7 nitrogen and oxygen atoms in total. The Bertz CT molecular complexity index is 937. The highest BCUT2D eigenvalue weighted by Gasteiger charge is 2.51. The molecular weight excluding hydrogens is 364 g/mol. The SMILES string of the molecule is C=CCOC(=O)C1=C(c2csc(-c3cccnc3)n2)CC[C@@H]2[C@H](N)C(=O)N12. The van der Waals surface area contributed by atoms with Crippen molar-refractivity contribution in [3.63, 3.8) is 0 Å². The van der Waals surface area contributed by atoms with E-state index >= 15 is 0 Å². The van der Waals surface area contributed by atoms with Gasteiger partial charge in [0.15, 0.2) is 0 Å². The van der Waals surface area contributed by atoms with E-state index in [2.05, 4.69) is 16.5 Å². The van der Waals surface area contributed by atoms with E-state index in [9.17, 15) is 9.59 Å². The van der Waals surface area contributed by atoms with Crippen molar-refractivity contribution < 1.29 is 14.3 Å². The van der Waals surface area contributed by atoms with Gasteiger partial charge in [0.2, 0.25) is 5.91 Å². The van der Waals surface area contributed by atoms with Crippen LogP contribution in [0.5, 0.6) is 0 Å². The molecule has 0 radical (unpaired) electrons. The van der Waals surface area contributed by atoms with E-state index < -0.39 is 12.0 Å². The third kappa shape index (κ3) is 2.96. The molecule has 2 aromatic heterocycles. The summed E-state index contributed by atoms with van der Waals surface area (Å²) >= 11 is 1.47. The van der Waals surface area contributed by atoms with Crippen molar-refractivity contribution in [2.24, 2.45) is 5.73 Å². The Morgan fingerprint density at radius 2 is 2.37 bits per heavy atom. The van der Waals surface area contributed by atoms with E-state index in [0.29, 0.717) is 24.1 Å². The minimum absolute atomic E-state index is 0.0758. The van der Waals surface area contributed by atoms with Crippen LogP contribution in [-0.4, -0.2) is 45.4 Å². The van der Waals surface area contributed by atoms with Crippen molar-refractivity contribution in [3.05, 3.63) is 54.0 Å². The first kappa shape index (κ1) is 17.6. The number of allylic oxidation sites excluding steroid dienone is 1. The molecular formula is C19H18N4O3S. The predicted octanol–water partition coefficient (Wildman–Crippen LogP) is 1.98. The summed E-state index contributed by atoms with van der Waals surface area (Å²) in [6.07, 6.45) is 6.24. The van der Waals surface area contributed by atoms with Crippen LogP contribution in [0, 0.1) is 0 Å². The summed E-state index contributed by atoms with van der Waals surface area (Å²) in [6.45, 7) is 3.63. The fourth-order valence-corrected chi connectivity index (χ4v) is 4.24. The molecule has 2 aromatic rings. The van der Waals surface area contributed by atoms with Gasteiger partial charge in [-0.25, -0.2) is 9.78 Å². The fraction of sp³-hybridized carbons (Fsp3) is 0.263. The highest BCUT2D eigenvalue weighted by atomic mass is 32.1. The second-order valence-electron chi connectivity index (χ2n) is 6.33. The Balaban J connectivity index is 1.74. The molecule has 8 heteroatoms. The Labute approximate surface area is 160 Å². The van der Waals surface area contributed by atoms with Gasteiger partial charge in [-0.1, -0.05) is 12.7 Å². The molecule has 0 aromatic carbocycles. The Morgan fingerprint density at radius 1 is 1.52 bits per heavy atom. The molecule has 0 bridgehead atoms. The van der Waals surface area contributed by atoms with Crippen LogP contribution in [0.2, 0.25) is 0 Å². The number of β-lactam (4-membered cyclic amide) rings is 1. The van der Waals surface area contributed by atoms with Gasteiger partial charge in [0, 0.05) is 28.9 Å². The van der Waals surface area contributed by atoms with Crippen LogP contribution in [0.1, 0.15) is 18.5 Å². The third-order valence-electron chi connectivity index (χ3n) is 4.73. The maximum atomic E-state index is 12.7. The van der Waals surface area contributed by atoms with Gasteiger partial charge in [-0.05, 0) is 25.0 Å². The molecule has 1 amide bonds. The van der Waals surface area contributed by atoms with Crippen LogP contribution in [-0.2, 0) is 14.3 Å². The number of ether oxygens (including phenoxy) is 1. The smallest absolute Gasteiger partial charge is 0.355 e. The van der Waals surface area contributed by atoms with Crippen molar-refractivity contribution in [2.45, 2.75) is 24.9 Å². The number of carbonyl (C=O) groups is 2. The maximum absolute atomic E-state index is 12.7. The Morgan fingerprint density at radius 3 is 3.11 bits per heavy atom. The summed E-state index contributed by atoms with van der Waals surface area (Å²) in [6, 6.07) is 3.05. The molecule has 4 heterocycles. The lowest BCUT2D eigenvalue weighted by Crippen LogP contribution is -2.69. The fourth-order valence-electron chi connectivity index (χ4n) is 3.42. The van der Waals surface area contributed by atoms with Crippen LogP contribution in [0.25, 0.3) is 16.1 Å². The van der Waals surface area contributed by atoms with Gasteiger partial charge in [-0.2, -0.15) is 0 Å². The number of fused-ring (bicyclic) bond motifs is 1. The van der Waals surface area contributed by atoms with Crippen molar-refractivity contribution in [1.82, 2.24) is 14.9 Å². The molecule has 1 saturated heterocycles. The van der Waals surface area contributed by atoms with Crippen LogP contribution in [0.3, 0.4) is 0 Å². The number of amides is 1. The number of nitrogens with two attached hydrogens (primary N) is 1. The van der Waals surface area contributed by atoms with Crippen LogP contribution >= 0.6 is 11.3 Å². The number of carbonyl (C=O) groups excluding carboxylic acids is 2. The number of hydrogen-bond donors (Lipinski definition) is 1. The molecule has 0 aliphatic carbocycles. The van der Waals surface area contributed by atoms with Gasteiger partial charge in [0.05, 0.1) is 11.7 Å². The third-order valence-corrected chi connectivity index (χ3v) is 5.62. The van der Waals surface area contributed by atoms with E-state index in [1.165, 1.54) is 22.3 Å². The van der Waals surface area contributed by atoms with Gasteiger partial charge in [0.1, 0.15) is 23.4 Å². The van der Waals surface area contributed by atoms with Crippen LogP contribution < -0.4 is 5.73 Å². The summed E-state index contributed by atoms with van der Waals surface area (Å²) in [5.74, 6) is -0.809. The second kappa shape index (κ2) is 7.05. The number of nitrogens with zero attached hydrogens (tertiary/aromatic N) is 3. The molecule has 0 spiro atoms. The number of esters is 1. The molecule has 27 heavy (non-hydrogen) atoms. The van der Waals surface area contributed by atoms with E-state index in [4.69, 9.17) is 10.5 Å².